The van der Waals surface area contributed by atoms with Gasteiger partial charge in [-0.05, 0) is 24.8 Å². The number of ether oxygens (including phenoxy) is 2. The van der Waals surface area contributed by atoms with Crippen LogP contribution in [-0.4, -0.2) is 69.4 Å². The number of fused-ring (bicyclic) bond motifs is 4. The molecule has 3 heterocycles. The summed E-state index contributed by atoms with van der Waals surface area (Å²) in [6.07, 6.45) is 7.18. The van der Waals surface area contributed by atoms with E-state index in [0.29, 0.717) is 6.04 Å². The minimum absolute atomic E-state index is 0.693. The van der Waals surface area contributed by atoms with E-state index in [9.17, 15) is 0 Å². The second-order valence-corrected chi connectivity index (χ2v) is 6.95. The third kappa shape index (κ3) is 4.38. The van der Waals surface area contributed by atoms with Gasteiger partial charge in [0.2, 0.25) is 0 Å². The molecule has 2 bridgehead atoms. The molecule has 0 amide bonds. The Morgan fingerprint density at radius 3 is 2.83 bits per heavy atom. The minimum Gasteiger partial charge on any atom is -0.496 e. The van der Waals surface area contributed by atoms with Gasteiger partial charge < -0.3 is 9.47 Å². The molecule has 0 radical (unpaired) electrons. The van der Waals surface area contributed by atoms with Crippen LogP contribution in [0, 0.1) is 5.92 Å². The highest BCUT2D eigenvalue weighted by atomic mass is 16.5. The van der Waals surface area contributed by atoms with E-state index in [1.165, 1.54) is 32.5 Å². The van der Waals surface area contributed by atoms with E-state index in [4.69, 9.17) is 9.47 Å². The van der Waals surface area contributed by atoms with Gasteiger partial charge in [0, 0.05) is 51.4 Å². The predicted octanol–water partition coefficient (Wildman–Crippen LogP) is 2.75. The van der Waals surface area contributed by atoms with Gasteiger partial charge in [0.25, 0.3) is 0 Å². The Hall–Kier alpha value is -1.36. The van der Waals surface area contributed by atoms with Gasteiger partial charge in [-0.2, -0.15) is 0 Å². The molecule has 24 heavy (non-hydrogen) atoms. The smallest absolute Gasteiger partial charge is 0.126 e. The van der Waals surface area contributed by atoms with Crippen LogP contribution in [0.15, 0.2) is 30.3 Å². The molecule has 4 nitrogen and oxygen atoms in total. The lowest BCUT2D eigenvalue weighted by Gasteiger charge is -2.35. The van der Waals surface area contributed by atoms with Gasteiger partial charge in [-0.1, -0.05) is 30.4 Å². The van der Waals surface area contributed by atoms with E-state index >= 15 is 0 Å². The predicted molar refractivity (Wildman–Crippen MR) is 98.4 cm³/mol. The summed E-state index contributed by atoms with van der Waals surface area (Å²) in [7, 11) is 3.53. The van der Waals surface area contributed by atoms with Gasteiger partial charge in [-0.3, -0.25) is 9.80 Å². The first-order chi connectivity index (χ1) is 11.8. The average Bonchev–Trinajstić information content (AvgIpc) is 2.91. The molecule has 0 saturated carbocycles. The third-order valence-corrected chi connectivity index (χ3v) is 5.29. The van der Waals surface area contributed by atoms with Gasteiger partial charge in [0.15, 0.2) is 0 Å². The molecular formula is C20H30N2O2. The van der Waals surface area contributed by atoms with Crippen molar-refractivity contribution in [3.63, 3.8) is 0 Å². The summed E-state index contributed by atoms with van der Waals surface area (Å²) in [6.45, 7) is 6.57. The van der Waals surface area contributed by atoms with Gasteiger partial charge in [-0.15, -0.1) is 0 Å². The molecule has 0 unspecified atom stereocenters. The summed E-state index contributed by atoms with van der Waals surface area (Å²) in [4.78, 5) is 5.25. The van der Waals surface area contributed by atoms with Gasteiger partial charge >= 0.3 is 0 Å². The van der Waals surface area contributed by atoms with Gasteiger partial charge in [0.1, 0.15) is 5.75 Å². The summed E-state index contributed by atoms with van der Waals surface area (Å²) in [5.41, 5.74) is 1.15. The Bertz CT molecular complexity index is 546. The minimum atomic E-state index is 0.693. The van der Waals surface area contributed by atoms with Crippen LogP contribution in [0.3, 0.4) is 0 Å². The van der Waals surface area contributed by atoms with E-state index in [2.05, 4.69) is 34.1 Å². The number of hydrogen-bond donors (Lipinski definition) is 0. The van der Waals surface area contributed by atoms with Crippen molar-refractivity contribution >= 4 is 6.08 Å². The van der Waals surface area contributed by atoms with Crippen LogP contribution in [-0.2, 0) is 4.74 Å². The highest BCUT2D eigenvalue weighted by molar-refractivity contribution is 5.57. The molecule has 0 aromatic heterocycles. The maximum atomic E-state index is 5.42. The monoisotopic (exact) mass is 330 g/mol. The topological polar surface area (TPSA) is 24.9 Å². The standard InChI is InChI=1S/C20H30N2O2/c1-23-13-12-22-15-17-9-10-19(22)16-21(14-17)11-5-7-18-6-3-4-8-20(18)24-2/h3-8,17,19H,9-16H2,1-2H3/t17-,19+/m0/s1. The van der Waals surface area contributed by atoms with E-state index in [-0.39, 0.29) is 0 Å². The Balaban J connectivity index is 1.57. The average molecular weight is 330 g/mol. The normalized spacial score (nSPS) is 25.2. The van der Waals surface area contributed by atoms with E-state index in [1.807, 2.05) is 12.1 Å². The second-order valence-electron chi connectivity index (χ2n) is 6.95. The lowest BCUT2D eigenvalue weighted by molar-refractivity contribution is 0.0872. The highest BCUT2D eigenvalue weighted by Crippen LogP contribution is 2.27. The zero-order chi connectivity index (χ0) is 16.8. The van der Waals surface area contributed by atoms with Crippen molar-refractivity contribution in [2.24, 2.45) is 5.92 Å². The van der Waals surface area contributed by atoms with Crippen molar-refractivity contribution < 1.29 is 9.47 Å². The van der Waals surface area contributed by atoms with E-state index in [0.717, 1.165) is 36.9 Å². The Morgan fingerprint density at radius 2 is 2.00 bits per heavy atom. The Labute approximate surface area is 146 Å². The highest BCUT2D eigenvalue weighted by Gasteiger charge is 2.33. The van der Waals surface area contributed by atoms with Crippen LogP contribution < -0.4 is 4.74 Å². The lowest BCUT2D eigenvalue weighted by atomic mass is 9.95. The number of para-hydroxylation sites is 1. The lowest BCUT2D eigenvalue weighted by Crippen LogP contribution is -2.45. The molecule has 0 aliphatic carbocycles. The summed E-state index contributed by atoms with van der Waals surface area (Å²) in [6, 6.07) is 8.88. The summed E-state index contributed by atoms with van der Waals surface area (Å²) >= 11 is 0. The zero-order valence-corrected chi connectivity index (χ0v) is 15.0. The first-order valence-electron chi connectivity index (χ1n) is 9.05. The van der Waals surface area contributed by atoms with Crippen LogP contribution in [0.1, 0.15) is 18.4 Å². The Kier molecular flexibility index (Phi) is 6.30. The van der Waals surface area contributed by atoms with E-state index < -0.39 is 0 Å². The van der Waals surface area contributed by atoms with Crippen molar-refractivity contribution in [2.75, 3.05) is 53.6 Å². The van der Waals surface area contributed by atoms with Crippen LogP contribution in [0.4, 0.5) is 0 Å². The van der Waals surface area contributed by atoms with Crippen LogP contribution in [0.2, 0.25) is 0 Å². The second kappa shape index (κ2) is 8.65. The fourth-order valence-electron chi connectivity index (χ4n) is 4.04. The summed E-state index contributed by atoms with van der Waals surface area (Å²) in [5.74, 6) is 1.75. The SMILES string of the molecule is COCCN1C[C@H]2CC[C@@H]1CN(CC=Cc1ccccc1OC)C2. The molecule has 1 aromatic rings. The van der Waals surface area contributed by atoms with Crippen LogP contribution in [0.25, 0.3) is 6.08 Å². The number of nitrogens with zero attached hydrogens (tertiary/aromatic N) is 2. The van der Waals surface area contributed by atoms with E-state index in [1.54, 1.807) is 14.2 Å². The van der Waals surface area contributed by atoms with Gasteiger partial charge in [-0.25, -0.2) is 0 Å². The number of rotatable bonds is 7. The number of hydrogen-bond acceptors (Lipinski definition) is 4. The van der Waals surface area contributed by atoms with Gasteiger partial charge in [0.05, 0.1) is 13.7 Å². The Morgan fingerprint density at radius 1 is 1.12 bits per heavy atom. The fraction of sp³-hybridized carbons (Fsp3) is 0.600. The van der Waals surface area contributed by atoms with Crippen LogP contribution in [0.5, 0.6) is 5.75 Å². The molecular weight excluding hydrogens is 300 g/mol. The molecule has 2 atom stereocenters. The molecule has 132 valence electrons. The molecule has 3 saturated heterocycles. The number of piperidine rings is 1. The van der Waals surface area contributed by atoms with Crippen molar-refractivity contribution in [1.82, 2.24) is 9.80 Å². The molecule has 4 heteroatoms. The molecule has 0 N–H and O–H groups in total. The van der Waals surface area contributed by atoms with Crippen molar-refractivity contribution in [3.05, 3.63) is 35.9 Å². The largest absolute Gasteiger partial charge is 0.496 e. The fourth-order valence-corrected chi connectivity index (χ4v) is 4.04. The first-order valence-corrected chi connectivity index (χ1v) is 9.05. The number of methoxy groups -OCH3 is 2. The molecule has 0 spiro atoms. The van der Waals surface area contributed by atoms with Crippen molar-refractivity contribution in [1.29, 1.82) is 0 Å². The summed E-state index contributed by atoms with van der Waals surface area (Å²) < 4.78 is 10.7. The van der Waals surface area contributed by atoms with Crippen LogP contribution >= 0.6 is 0 Å². The first kappa shape index (κ1) is 17.5. The zero-order valence-electron chi connectivity index (χ0n) is 15.0. The third-order valence-electron chi connectivity index (χ3n) is 5.29. The maximum absolute atomic E-state index is 5.42. The van der Waals surface area contributed by atoms with Crippen molar-refractivity contribution in [2.45, 2.75) is 18.9 Å². The number of benzene rings is 1. The molecule has 4 rings (SSSR count). The quantitative estimate of drug-likeness (QED) is 0.767. The molecule has 3 aliphatic rings. The molecule has 3 fully saturated rings. The molecule has 3 aliphatic heterocycles. The summed E-state index contributed by atoms with van der Waals surface area (Å²) in [5, 5.41) is 0. The molecule has 1 aromatic carbocycles. The van der Waals surface area contributed by atoms with Crippen molar-refractivity contribution in [3.8, 4) is 5.75 Å². The maximum Gasteiger partial charge on any atom is 0.126 e.